The van der Waals surface area contributed by atoms with Crippen LogP contribution in [0.1, 0.15) is 11.1 Å². The monoisotopic (exact) mass is 507 g/mol. The molecule has 1 nitrogen and oxygen atoms in total. The van der Waals surface area contributed by atoms with E-state index in [0.29, 0.717) is 0 Å². The smallest absolute Gasteiger partial charge is 0.0270 e. The number of hydrogen-bond acceptors (Lipinski definition) is 2. The first-order valence-electron chi connectivity index (χ1n) is 9.68. The zero-order chi connectivity index (χ0) is 20.1. The molecule has 0 N–H and O–H groups in total. The van der Waals surface area contributed by atoms with Crippen LogP contribution in [0, 0.1) is 10.5 Å². The third kappa shape index (κ3) is 5.28. The number of aryl methyl sites for hydroxylation is 2. The average molecular weight is 507 g/mol. The fraction of sp³-hybridized carbons (Fsp3) is 0.115. The number of thioether (sulfide) groups is 1. The lowest BCUT2D eigenvalue weighted by atomic mass is 9.96. The van der Waals surface area contributed by atoms with Crippen LogP contribution in [0.3, 0.4) is 0 Å². The van der Waals surface area contributed by atoms with Gasteiger partial charge in [0, 0.05) is 26.6 Å². The van der Waals surface area contributed by atoms with Gasteiger partial charge in [0.2, 0.25) is 0 Å². The van der Waals surface area contributed by atoms with Crippen molar-refractivity contribution in [2.24, 2.45) is 0 Å². The highest BCUT2D eigenvalue weighted by Gasteiger charge is 2.05. The van der Waals surface area contributed by atoms with Gasteiger partial charge in [-0.2, -0.15) is 0 Å². The Balaban J connectivity index is 1.43. The summed E-state index contributed by atoms with van der Waals surface area (Å²) in [6, 6.07) is 28.6. The zero-order valence-electron chi connectivity index (χ0n) is 16.3. The van der Waals surface area contributed by atoms with Crippen molar-refractivity contribution in [1.82, 2.24) is 4.98 Å². The van der Waals surface area contributed by atoms with Gasteiger partial charge >= 0.3 is 0 Å². The van der Waals surface area contributed by atoms with Crippen LogP contribution in [0.4, 0.5) is 0 Å². The number of hydrogen-bond donors (Lipinski definition) is 0. The standard InChI is InChI=1S/C26H22INS/c1-19-18-23(6-11-26(19)22-2-7-24(27)8-3-22)21-4-9-25(10-5-21)29-17-14-20-12-15-28-16-13-20/h2-13,15-16,18H,14,17H2,1H3. The van der Waals surface area contributed by atoms with Crippen molar-refractivity contribution >= 4 is 34.4 Å². The number of nitrogens with zero attached hydrogens (tertiary/aromatic N) is 1. The molecule has 3 heteroatoms. The largest absolute Gasteiger partial charge is 0.265 e. The van der Waals surface area contributed by atoms with Crippen LogP contribution < -0.4 is 0 Å². The van der Waals surface area contributed by atoms with Crippen molar-refractivity contribution in [2.75, 3.05) is 5.75 Å². The first-order chi connectivity index (χ1) is 14.2. The second-order valence-corrected chi connectivity index (χ2v) is 9.43. The van der Waals surface area contributed by atoms with E-state index >= 15 is 0 Å². The Morgan fingerprint density at radius 1 is 0.759 bits per heavy atom. The molecule has 144 valence electrons. The molecule has 4 rings (SSSR count). The zero-order valence-corrected chi connectivity index (χ0v) is 19.3. The Kier molecular flexibility index (Phi) is 6.67. The second kappa shape index (κ2) is 9.59. The quantitative estimate of drug-likeness (QED) is 0.196. The molecule has 0 amide bonds. The highest BCUT2D eigenvalue weighted by Crippen LogP contribution is 2.30. The van der Waals surface area contributed by atoms with Gasteiger partial charge in [-0.3, -0.25) is 4.98 Å². The molecule has 0 aliphatic heterocycles. The van der Waals surface area contributed by atoms with E-state index in [4.69, 9.17) is 0 Å². The summed E-state index contributed by atoms with van der Waals surface area (Å²) >= 11 is 4.25. The molecule has 3 aromatic carbocycles. The lowest BCUT2D eigenvalue weighted by Gasteiger charge is -2.10. The molecule has 0 aliphatic carbocycles. The van der Waals surface area contributed by atoms with Gasteiger partial charge in [0.1, 0.15) is 0 Å². The van der Waals surface area contributed by atoms with Crippen LogP contribution in [0.5, 0.6) is 0 Å². The summed E-state index contributed by atoms with van der Waals surface area (Å²) in [5.41, 5.74) is 7.75. The van der Waals surface area contributed by atoms with Gasteiger partial charge in [0.15, 0.2) is 0 Å². The molecular weight excluding hydrogens is 485 g/mol. The van der Waals surface area contributed by atoms with E-state index in [1.54, 1.807) is 0 Å². The van der Waals surface area contributed by atoms with Gasteiger partial charge in [0.25, 0.3) is 0 Å². The van der Waals surface area contributed by atoms with E-state index in [-0.39, 0.29) is 0 Å². The number of benzene rings is 3. The third-order valence-electron chi connectivity index (χ3n) is 4.98. The molecule has 0 aliphatic rings. The molecule has 1 heterocycles. The molecule has 0 bridgehead atoms. The fourth-order valence-electron chi connectivity index (χ4n) is 3.38. The first kappa shape index (κ1) is 20.2. The van der Waals surface area contributed by atoms with Gasteiger partial charge < -0.3 is 0 Å². The minimum absolute atomic E-state index is 1.06. The first-order valence-corrected chi connectivity index (χ1v) is 11.7. The summed E-state index contributed by atoms with van der Waals surface area (Å²) in [5, 5.41) is 0. The summed E-state index contributed by atoms with van der Waals surface area (Å²) < 4.78 is 1.26. The second-order valence-electron chi connectivity index (χ2n) is 7.01. The molecule has 1 aromatic heterocycles. The SMILES string of the molecule is Cc1cc(-c2ccc(SCCc3ccncc3)cc2)ccc1-c1ccc(I)cc1. The number of pyridine rings is 1. The van der Waals surface area contributed by atoms with Crippen molar-refractivity contribution in [3.05, 3.63) is 106 Å². The molecule has 0 atom stereocenters. The number of rotatable bonds is 6. The highest BCUT2D eigenvalue weighted by molar-refractivity contribution is 14.1. The normalized spacial score (nSPS) is 10.8. The highest BCUT2D eigenvalue weighted by atomic mass is 127. The molecule has 0 unspecified atom stereocenters. The number of halogens is 1. The lowest BCUT2D eigenvalue weighted by molar-refractivity contribution is 1.13. The number of aromatic nitrogens is 1. The predicted molar refractivity (Wildman–Crippen MR) is 133 cm³/mol. The predicted octanol–water partition coefficient (Wildman–Crippen LogP) is 7.66. The molecule has 29 heavy (non-hydrogen) atoms. The molecule has 0 saturated heterocycles. The third-order valence-corrected chi connectivity index (χ3v) is 6.71. The van der Waals surface area contributed by atoms with Crippen molar-refractivity contribution in [2.45, 2.75) is 18.2 Å². The molecule has 0 saturated carbocycles. The lowest BCUT2D eigenvalue weighted by Crippen LogP contribution is -1.89. The summed E-state index contributed by atoms with van der Waals surface area (Å²) in [6.45, 7) is 2.19. The van der Waals surface area contributed by atoms with E-state index in [0.717, 1.165) is 12.2 Å². The van der Waals surface area contributed by atoms with E-state index in [1.165, 1.54) is 41.8 Å². The van der Waals surface area contributed by atoms with Gasteiger partial charge in [-0.25, -0.2) is 0 Å². The van der Waals surface area contributed by atoms with Gasteiger partial charge in [-0.1, -0.05) is 42.5 Å². The van der Waals surface area contributed by atoms with Crippen molar-refractivity contribution in [3.8, 4) is 22.3 Å². The van der Waals surface area contributed by atoms with Crippen molar-refractivity contribution in [3.63, 3.8) is 0 Å². The molecule has 0 fully saturated rings. The van der Waals surface area contributed by atoms with E-state index < -0.39 is 0 Å². The maximum absolute atomic E-state index is 4.08. The summed E-state index contributed by atoms with van der Waals surface area (Å²) in [5.74, 6) is 1.08. The molecule has 0 radical (unpaired) electrons. The van der Waals surface area contributed by atoms with E-state index in [2.05, 4.69) is 113 Å². The Morgan fingerprint density at radius 3 is 2.10 bits per heavy atom. The van der Waals surface area contributed by atoms with E-state index in [9.17, 15) is 0 Å². The van der Waals surface area contributed by atoms with E-state index in [1.807, 2.05) is 24.2 Å². The minimum Gasteiger partial charge on any atom is -0.265 e. The van der Waals surface area contributed by atoms with Crippen molar-refractivity contribution < 1.29 is 0 Å². The van der Waals surface area contributed by atoms with Crippen LogP contribution in [0.25, 0.3) is 22.3 Å². The average Bonchev–Trinajstić information content (AvgIpc) is 2.76. The molecule has 0 spiro atoms. The van der Waals surface area contributed by atoms with Crippen molar-refractivity contribution in [1.29, 1.82) is 0 Å². The summed E-state index contributed by atoms with van der Waals surface area (Å²) in [6.07, 6.45) is 4.79. The Bertz CT molecular complexity index is 1070. The van der Waals surface area contributed by atoms with Crippen LogP contribution in [0.2, 0.25) is 0 Å². The molecular formula is C26H22INS. The van der Waals surface area contributed by atoms with Crippen LogP contribution in [-0.4, -0.2) is 10.7 Å². The van der Waals surface area contributed by atoms with Crippen LogP contribution >= 0.6 is 34.4 Å². The van der Waals surface area contributed by atoms with Gasteiger partial charge in [-0.15, -0.1) is 11.8 Å². The maximum atomic E-state index is 4.08. The van der Waals surface area contributed by atoms with Crippen LogP contribution in [0.15, 0.2) is 96.2 Å². The van der Waals surface area contributed by atoms with Crippen LogP contribution in [-0.2, 0) is 6.42 Å². The summed E-state index contributed by atoms with van der Waals surface area (Å²) in [7, 11) is 0. The fourth-order valence-corrected chi connectivity index (χ4v) is 4.64. The topological polar surface area (TPSA) is 12.9 Å². The van der Waals surface area contributed by atoms with Gasteiger partial charge in [-0.05, 0) is 106 Å². The summed E-state index contributed by atoms with van der Waals surface area (Å²) in [4.78, 5) is 5.39. The Morgan fingerprint density at radius 2 is 1.41 bits per heavy atom. The maximum Gasteiger partial charge on any atom is 0.0270 e. The Labute approximate surface area is 190 Å². The molecule has 4 aromatic rings. The Hall–Kier alpha value is -2.11. The van der Waals surface area contributed by atoms with Gasteiger partial charge in [0.05, 0.1) is 0 Å². The minimum atomic E-state index is 1.06.